The number of aliphatic imine (C=N–C) groups is 1. The number of aromatic nitrogens is 1. The second kappa shape index (κ2) is 10.6. The highest BCUT2D eigenvalue weighted by molar-refractivity contribution is 14.0. The molecule has 0 fully saturated rings. The second-order valence-electron chi connectivity index (χ2n) is 5.33. The molecule has 0 aliphatic heterocycles. The van der Waals surface area contributed by atoms with E-state index in [-0.39, 0.29) is 29.8 Å². The van der Waals surface area contributed by atoms with Gasteiger partial charge < -0.3 is 10.2 Å². The molecule has 0 atom stereocenters. The summed E-state index contributed by atoms with van der Waals surface area (Å²) in [6.07, 6.45) is 0.719. The maximum atomic E-state index is 13.2. The largest absolute Gasteiger partial charge is 0.357 e. The summed E-state index contributed by atoms with van der Waals surface area (Å²) >= 11 is 1.65. The number of nitrogens with zero attached hydrogens (tertiary/aromatic N) is 3. The van der Waals surface area contributed by atoms with E-state index >= 15 is 0 Å². The van der Waals surface area contributed by atoms with Crippen LogP contribution in [0.5, 0.6) is 0 Å². The van der Waals surface area contributed by atoms with Crippen molar-refractivity contribution in [2.75, 3.05) is 20.1 Å². The Morgan fingerprint density at radius 1 is 1.42 bits per heavy atom. The lowest BCUT2D eigenvalue weighted by molar-refractivity contribution is 0.471. The van der Waals surface area contributed by atoms with Gasteiger partial charge in [-0.25, -0.2) is 9.37 Å². The normalized spacial score (nSPS) is 11.1. The van der Waals surface area contributed by atoms with Gasteiger partial charge in [0.25, 0.3) is 0 Å². The van der Waals surface area contributed by atoms with Gasteiger partial charge in [0.05, 0.1) is 17.2 Å². The number of thiazole rings is 1. The topological polar surface area (TPSA) is 40.5 Å². The molecule has 4 nitrogen and oxygen atoms in total. The van der Waals surface area contributed by atoms with Crippen molar-refractivity contribution >= 4 is 41.3 Å². The highest BCUT2D eigenvalue weighted by Gasteiger charge is 2.08. The molecule has 1 heterocycles. The lowest BCUT2D eigenvalue weighted by atomic mass is 10.1. The maximum Gasteiger partial charge on any atom is 0.194 e. The van der Waals surface area contributed by atoms with E-state index in [1.807, 2.05) is 27.0 Å². The van der Waals surface area contributed by atoms with Crippen LogP contribution in [0, 0.1) is 12.7 Å². The molecule has 0 bridgehead atoms. The molecule has 7 heteroatoms. The maximum absolute atomic E-state index is 13.2. The Bertz CT molecular complexity index is 660. The monoisotopic (exact) mass is 462 g/mol. The van der Waals surface area contributed by atoms with Crippen molar-refractivity contribution in [3.05, 3.63) is 51.7 Å². The molecule has 0 saturated carbocycles. The number of guanidine groups is 1. The standard InChI is InChI=1S/C17H23FN4S.HI/c1-4-19-17(22(3)11-16-12-23-13(2)21-16)20-9-8-14-6-5-7-15(18)10-14;/h5-7,10,12H,4,8-9,11H2,1-3H3,(H,19,20);1H. The second-order valence-corrected chi connectivity index (χ2v) is 6.39. The van der Waals surface area contributed by atoms with Crippen LogP contribution in [0.3, 0.4) is 0 Å². The van der Waals surface area contributed by atoms with Crippen molar-refractivity contribution in [3.63, 3.8) is 0 Å². The summed E-state index contributed by atoms with van der Waals surface area (Å²) < 4.78 is 13.2. The number of hydrogen-bond donors (Lipinski definition) is 1. The fourth-order valence-corrected chi connectivity index (χ4v) is 2.86. The first-order valence-electron chi connectivity index (χ1n) is 7.73. The molecule has 0 saturated heterocycles. The van der Waals surface area contributed by atoms with Crippen LogP contribution in [0.15, 0.2) is 34.6 Å². The van der Waals surface area contributed by atoms with Gasteiger partial charge >= 0.3 is 0 Å². The first kappa shape index (κ1) is 20.8. The summed E-state index contributed by atoms with van der Waals surface area (Å²) in [4.78, 5) is 11.2. The van der Waals surface area contributed by atoms with Gasteiger partial charge in [-0.05, 0) is 38.0 Å². The molecule has 1 N–H and O–H groups in total. The Hall–Kier alpha value is -1.22. The van der Waals surface area contributed by atoms with Crippen molar-refractivity contribution < 1.29 is 4.39 Å². The Labute approximate surface area is 164 Å². The molecule has 0 aliphatic rings. The number of rotatable bonds is 6. The predicted octanol–water partition coefficient (Wildman–Crippen LogP) is 3.85. The third kappa shape index (κ3) is 6.72. The van der Waals surface area contributed by atoms with E-state index in [4.69, 9.17) is 0 Å². The molecular weight excluding hydrogens is 438 g/mol. The first-order valence-corrected chi connectivity index (χ1v) is 8.61. The molecule has 0 spiro atoms. The fourth-order valence-electron chi connectivity index (χ4n) is 2.25. The van der Waals surface area contributed by atoms with E-state index < -0.39 is 0 Å². The molecule has 2 aromatic rings. The predicted molar refractivity (Wildman–Crippen MR) is 110 cm³/mol. The lowest BCUT2D eigenvalue weighted by Crippen LogP contribution is -2.38. The minimum absolute atomic E-state index is 0. The highest BCUT2D eigenvalue weighted by atomic mass is 127. The van der Waals surface area contributed by atoms with Crippen molar-refractivity contribution in [2.45, 2.75) is 26.8 Å². The van der Waals surface area contributed by atoms with Crippen LogP contribution in [-0.2, 0) is 13.0 Å². The quantitative estimate of drug-likeness (QED) is 0.403. The van der Waals surface area contributed by atoms with Gasteiger partial charge in [0.2, 0.25) is 0 Å². The number of nitrogens with one attached hydrogen (secondary N) is 1. The molecule has 132 valence electrons. The third-order valence-corrected chi connectivity index (χ3v) is 4.14. The number of aryl methyl sites for hydroxylation is 1. The summed E-state index contributed by atoms with van der Waals surface area (Å²) in [5.41, 5.74) is 2.01. The highest BCUT2D eigenvalue weighted by Crippen LogP contribution is 2.10. The summed E-state index contributed by atoms with van der Waals surface area (Å²) in [7, 11) is 2.00. The van der Waals surface area contributed by atoms with Gasteiger partial charge in [-0.3, -0.25) is 4.99 Å². The molecule has 0 aliphatic carbocycles. The van der Waals surface area contributed by atoms with Crippen LogP contribution in [0.4, 0.5) is 4.39 Å². The van der Waals surface area contributed by atoms with E-state index in [0.29, 0.717) is 6.54 Å². The van der Waals surface area contributed by atoms with Gasteiger partial charge in [-0.15, -0.1) is 35.3 Å². The zero-order valence-electron chi connectivity index (χ0n) is 14.3. The summed E-state index contributed by atoms with van der Waals surface area (Å²) in [5.74, 6) is 0.643. The summed E-state index contributed by atoms with van der Waals surface area (Å²) in [6.45, 7) is 6.19. The van der Waals surface area contributed by atoms with Gasteiger partial charge in [0.1, 0.15) is 5.82 Å². The van der Waals surface area contributed by atoms with Crippen molar-refractivity contribution in [1.82, 2.24) is 15.2 Å². The van der Waals surface area contributed by atoms with E-state index in [9.17, 15) is 4.39 Å². The van der Waals surface area contributed by atoms with E-state index in [0.717, 1.165) is 41.7 Å². The van der Waals surface area contributed by atoms with Gasteiger partial charge in [0.15, 0.2) is 5.96 Å². The molecule has 0 radical (unpaired) electrons. The van der Waals surface area contributed by atoms with Crippen molar-refractivity contribution in [2.24, 2.45) is 4.99 Å². The minimum Gasteiger partial charge on any atom is -0.357 e. The Balaban J connectivity index is 0.00000288. The lowest BCUT2D eigenvalue weighted by Gasteiger charge is -2.21. The van der Waals surface area contributed by atoms with Crippen LogP contribution >= 0.6 is 35.3 Å². The zero-order chi connectivity index (χ0) is 16.7. The molecule has 24 heavy (non-hydrogen) atoms. The van der Waals surface area contributed by atoms with Gasteiger partial charge in [-0.1, -0.05) is 12.1 Å². The summed E-state index contributed by atoms with van der Waals surface area (Å²) in [6, 6.07) is 6.67. The van der Waals surface area contributed by atoms with Crippen LogP contribution in [0.1, 0.15) is 23.2 Å². The SMILES string of the molecule is CCNC(=NCCc1cccc(F)c1)N(C)Cc1csc(C)n1.I. The van der Waals surface area contributed by atoms with Crippen molar-refractivity contribution in [1.29, 1.82) is 0 Å². The van der Waals surface area contributed by atoms with Gasteiger partial charge in [-0.2, -0.15) is 0 Å². The van der Waals surface area contributed by atoms with Gasteiger partial charge in [0, 0.05) is 25.5 Å². The Morgan fingerprint density at radius 3 is 2.83 bits per heavy atom. The number of hydrogen-bond acceptors (Lipinski definition) is 3. The number of halogens is 2. The molecule has 0 amide bonds. The van der Waals surface area contributed by atoms with Crippen LogP contribution < -0.4 is 5.32 Å². The molecule has 1 aromatic carbocycles. The average Bonchev–Trinajstić information content (AvgIpc) is 2.91. The molecule has 0 unspecified atom stereocenters. The fraction of sp³-hybridized carbons (Fsp3) is 0.412. The molecule has 1 aromatic heterocycles. The van der Waals surface area contributed by atoms with Crippen LogP contribution in [-0.4, -0.2) is 36.0 Å². The Morgan fingerprint density at radius 2 is 2.21 bits per heavy atom. The molecule has 2 rings (SSSR count). The minimum atomic E-state index is -0.200. The van der Waals surface area contributed by atoms with E-state index in [1.54, 1.807) is 23.5 Å². The van der Waals surface area contributed by atoms with Crippen molar-refractivity contribution in [3.8, 4) is 0 Å². The zero-order valence-corrected chi connectivity index (χ0v) is 17.4. The van der Waals surface area contributed by atoms with E-state index in [1.165, 1.54) is 6.07 Å². The van der Waals surface area contributed by atoms with E-state index in [2.05, 4.69) is 25.6 Å². The summed E-state index contributed by atoms with van der Waals surface area (Å²) in [5, 5.41) is 6.43. The number of benzene rings is 1. The average molecular weight is 462 g/mol. The van der Waals surface area contributed by atoms with Crippen LogP contribution in [0.25, 0.3) is 0 Å². The third-order valence-electron chi connectivity index (χ3n) is 3.31. The smallest absolute Gasteiger partial charge is 0.194 e. The van der Waals surface area contributed by atoms with Crippen LogP contribution in [0.2, 0.25) is 0 Å². The molecular formula is C17H24FIN4S. The first-order chi connectivity index (χ1) is 11.1. The Kier molecular flexibility index (Phi) is 9.20.